The number of hydrogen-bond acceptors (Lipinski definition) is 2. The van der Waals surface area contributed by atoms with E-state index in [0.29, 0.717) is 12.8 Å². The lowest BCUT2D eigenvalue weighted by Gasteiger charge is -1.99. The number of rotatable bonds is 3. The molecule has 0 atom stereocenters. The van der Waals surface area contributed by atoms with Gasteiger partial charge < -0.3 is 0 Å². The van der Waals surface area contributed by atoms with Crippen molar-refractivity contribution in [2.45, 2.75) is 12.8 Å². The highest BCUT2D eigenvalue weighted by Crippen LogP contribution is 2.17. The van der Waals surface area contributed by atoms with Crippen LogP contribution in [0.15, 0.2) is 18.2 Å². The van der Waals surface area contributed by atoms with Gasteiger partial charge in [0, 0.05) is 18.6 Å². The van der Waals surface area contributed by atoms with Gasteiger partial charge in [-0.05, 0) is 18.1 Å². The fourth-order valence-electron chi connectivity index (χ4n) is 1.07. The summed E-state index contributed by atoms with van der Waals surface area (Å²) in [6.07, 6.45) is 5.71. The highest BCUT2D eigenvalue weighted by molar-refractivity contribution is 5.35. The first kappa shape index (κ1) is 10.2. The largest absolute Gasteiger partial charge is 0.269 e. The molecule has 1 aromatic rings. The van der Waals surface area contributed by atoms with Crippen LogP contribution in [0, 0.1) is 28.3 Å². The molecule has 0 aliphatic heterocycles. The molecule has 0 aromatic heterocycles. The van der Waals surface area contributed by atoms with Crippen LogP contribution in [0.25, 0.3) is 0 Å². The summed E-state index contributed by atoms with van der Waals surface area (Å²) < 4.78 is 13.1. The van der Waals surface area contributed by atoms with Crippen LogP contribution in [0.4, 0.5) is 10.1 Å². The number of hydrogen-bond donors (Lipinski definition) is 0. The third-order valence-corrected chi connectivity index (χ3v) is 1.78. The highest BCUT2D eigenvalue weighted by atomic mass is 19.1. The minimum absolute atomic E-state index is 0.113. The number of non-ortho nitro benzene ring substituents is 1. The molecule has 0 saturated carbocycles. The number of nitro groups is 1. The number of terminal acetylenes is 1. The van der Waals surface area contributed by atoms with Gasteiger partial charge >= 0.3 is 0 Å². The predicted octanol–water partition coefficient (Wildman–Crippen LogP) is 2.30. The molecule has 1 rings (SSSR count). The molecule has 1 aromatic carbocycles. The molecule has 0 saturated heterocycles. The number of nitro benzene ring substituents is 1. The lowest BCUT2D eigenvalue weighted by atomic mass is 10.1. The molecular weight excluding hydrogens is 185 g/mol. The summed E-state index contributed by atoms with van der Waals surface area (Å²) in [5.41, 5.74) is 0.176. The maximum Gasteiger partial charge on any atom is 0.269 e. The fourth-order valence-corrected chi connectivity index (χ4v) is 1.07. The van der Waals surface area contributed by atoms with Gasteiger partial charge in [-0.2, -0.15) is 0 Å². The van der Waals surface area contributed by atoms with Crippen LogP contribution in [0.5, 0.6) is 0 Å². The van der Waals surface area contributed by atoms with E-state index in [4.69, 9.17) is 6.42 Å². The smallest absolute Gasteiger partial charge is 0.258 e. The molecule has 0 heterocycles. The van der Waals surface area contributed by atoms with E-state index < -0.39 is 10.7 Å². The Morgan fingerprint density at radius 2 is 2.29 bits per heavy atom. The lowest BCUT2D eigenvalue weighted by Crippen LogP contribution is -1.94. The van der Waals surface area contributed by atoms with Crippen LogP contribution >= 0.6 is 0 Å². The van der Waals surface area contributed by atoms with Crippen molar-refractivity contribution in [3.8, 4) is 12.3 Å². The minimum atomic E-state index is -0.557. The molecule has 0 aliphatic carbocycles. The SMILES string of the molecule is C#CCCc1cc([N+](=O)[O-])ccc1F. The third kappa shape index (κ3) is 2.30. The van der Waals surface area contributed by atoms with Crippen molar-refractivity contribution in [3.63, 3.8) is 0 Å². The quantitative estimate of drug-likeness (QED) is 0.420. The van der Waals surface area contributed by atoms with Gasteiger partial charge in [-0.3, -0.25) is 10.1 Å². The Balaban J connectivity index is 2.97. The van der Waals surface area contributed by atoms with Crippen molar-refractivity contribution < 1.29 is 9.31 Å². The Kier molecular flexibility index (Phi) is 3.19. The fraction of sp³-hybridized carbons (Fsp3) is 0.200. The molecule has 0 aliphatic rings. The molecule has 72 valence electrons. The van der Waals surface area contributed by atoms with Crippen LogP contribution in [0.2, 0.25) is 0 Å². The first-order valence-electron chi connectivity index (χ1n) is 4.01. The number of benzene rings is 1. The monoisotopic (exact) mass is 193 g/mol. The summed E-state index contributed by atoms with van der Waals surface area (Å²) in [6, 6.07) is 3.44. The van der Waals surface area contributed by atoms with Gasteiger partial charge in [0.1, 0.15) is 5.82 Å². The summed E-state index contributed by atoms with van der Waals surface area (Å²) in [4.78, 5) is 9.82. The summed E-state index contributed by atoms with van der Waals surface area (Å²) in [6.45, 7) is 0. The van der Waals surface area contributed by atoms with Crippen molar-refractivity contribution in [2.24, 2.45) is 0 Å². The maximum absolute atomic E-state index is 13.1. The number of nitrogens with zero attached hydrogens (tertiary/aromatic N) is 1. The van der Waals surface area contributed by atoms with Crippen LogP contribution < -0.4 is 0 Å². The Morgan fingerprint density at radius 3 is 2.86 bits per heavy atom. The zero-order chi connectivity index (χ0) is 10.6. The molecular formula is C10H8FNO2. The van der Waals surface area contributed by atoms with Crippen molar-refractivity contribution in [3.05, 3.63) is 39.7 Å². The lowest BCUT2D eigenvalue weighted by molar-refractivity contribution is -0.385. The van der Waals surface area contributed by atoms with Gasteiger partial charge in [0.2, 0.25) is 0 Å². The van der Waals surface area contributed by atoms with E-state index in [2.05, 4.69) is 5.92 Å². The topological polar surface area (TPSA) is 43.1 Å². The van der Waals surface area contributed by atoms with E-state index >= 15 is 0 Å². The standard InChI is InChI=1S/C10H8FNO2/c1-2-3-4-8-7-9(12(13)14)5-6-10(8)11/h1,5-7H,3-4H2. The zero-order valence-electron chi connectivity index (χ0n) is 7.37. The molecule has 0 unspecified atom stereocenters. The van der Waals surface area contributed by atoms with Crippen molar-refractivity contribution in [1.82, 2.24) is 0 Å². The van der Waals surface area contributed by atoms with Gasteiger partial charge in [-0.25, -0.2) is 4.39 Å². The number of aryl methyl sites for hydroxylation is 1. The van der Waals surface area contributed by atoms with Crippen molar-refractivity contribution >= 4 is 5.69 Å². The minimum Gasteiger partial charge on any atom is -0.258 e. The molecule has 3 nitrogen and oxygen atoms in total. The van der Waals surface area contributed by atoms with Gasteiger partial charge in [0.05, 0.1) is 4.92 Å². The molecule has 0 amide bonds. The molecule has 14 heavy (non-hydrogen) atoms. The Labute approximate surface area is 80.7 Å². The van der Waals surface area contributed by atoms with Crippen LogP contribution in [-0.2, 0) is 6.42 Å². The maximum atomic E-state index is 13.1. The molecule has 4 heteroatoms. The Morgan fingerprint density at radius 1 is 1.57 bits per heavy atom. The third-order valence-electron chi connectivity index (χ3n) is 1.78. The zero-order valence-corrected chi connectivity index (χ0v) is 7.37. The van der Waals surface area contributed by atoms with Crippen molar-refractivity contribution in [2.75, 3.05) is 0 Å². The molecule has 0 bridgehead atoms. The second-order valence-electron chi connectivity index (χ2n) is 2.74. The van der Waals surface area contributed by atoms with Gasteiger partial charge in [-0.1, -0.05) is 0 Å². The molecule has 0 spiro atoms. The summed E-state index contributed by atoms with van der Waals surface area (Å²) in [5, 5.41) is 10.4. The van der Waals surface area contributed by atoms with Gasteiger partial charge in [0.25, 0.3) is 5.69 Å². The van der Waals surface area contributed by atoms with E-state index in [-0.39, 0.29) is 11.3 Å². The predicted molar refractivity (Wildman–Crippen MR) is 50.2 cm³/mol. The highest BCUT2D eigenvalue weighted by Gasteiger charge is 2.09. The van der Waals surface area contributed by atoms with E-state index in [9.17, 15) is 14.5 Å². The van der Waals surface area contributed by atoms with Crippen LogP contribution in [0.3, 0.4) is 0 Å². The summed E-state index contributed by atoms with van der Waals surface area (Å²) in [7, 11) is 0. The summed E-state index contributed by atoms with van der Waals surface area (Å²) >= 11 is 0. The normalized spacial score (nSPS) is 9.43. The van der Waals surface area contributed by atoms with Gasteiger partial charge in [0.15, 0.2) is 0 Å². The molecule has 0 fully saturated rings. The second-order valence-corrected chi connectivity index (χ2v) is 2.74. The molecule has 0 radical (unpaired) electrons. The van der Waals surface area contributed by atoms with E-state index in [1.54, 1.807) is 0 Å². The Bertz CT molecular complexity index is 396. The first-order chi connectivity index (χ1) is 6.65. The number of halogens is 1. The van der Waals surface area contributed by atoms with Gasteiger partial charge in [-0.15, -0.1) is 12.3 Å². The van der Waals surface area contributed by atoms with E-state index in [0.717, 1.165) is 12.1 Å². The second kappa shape index (κ2) is 4.38. The first-order valence-corrected chi connectivity index (χ1v) is 4.01. The van der Waals surface area contributed by atoms with Crippen LogP contribution in [-0.4, -0.2) is 4.92 Å². The summed E-state index contributed by atoms with van der Waals surface area (Å²) in [5.74, 6) is 1.90. The van der Waals surface area contributed by atoms with Crippen LogP contribution in [0.1, 0.15) is 12.0 Å². The van der Waals surface area contributed by atoms with E-state index in [1.165, 1.54) is 6.07 Å². The average molecular weight is 193 g/mol. The van der Waals surface area contributed by atoms with Crippen molar-refractivity contribution in [1.29, 1.82) is 0 Å². The molecule has 0 N–H and O–H groups in total. The average Bonchev–Trinajstić information content (AvgIpc) is 2.16. The van der Waals surface area contributed by atoms with E-state index in [1.807, 2.05) is 0 Å². The Hall–Kier alpha value is -1.89.